The normalized spacial score (nSPS) is 23.4. The van der Waals surface area contributed by atoms with Crippen molar-refractivity contribution in [1.82, 2.24) is 4.98 Å². The lowest BCUT2D eigenvalue weighted by molar-refractivity contribution is 0.0295. The molecule has 1 saturated heterocycles. The van der Waals surface area contributed by atoms with Gasteiger partial charge in [0, 0.05) is 6.54 Å². The summed E-state index contributed by atoms with van der Waals surface area (Å²) in [5, 5.41) is 0. The molecule has 0 saturated carbocycles. The number of nitrogens with two attached hydrogens (primary N) is 2. The summed E-state index contributed by atoms with van der Waals surface area (Å²) in [6, 6.07) is 1.78. The summed E-state index contributed by atoms with van der Waals surface area (Å²) in [5.74, 6) is 0.0903. The van der Waals surface area contributed by atoms with Crippen LogP contribution in [0.4, 0.5) is 11.5 Å². The largest absolute Gasteiger partial charge is 0.397 e. The zero-order chi connectivity index (χ0) is 14.0. The number of pyridine rings is 1. The molecular weight excluding hydrogens is 244 g/mol. The summed E-state index contributed by atoms with van der Waals surface area (Å²) < 4.78 is 5.65. The Morgan fingerprint density at radius 3 is 3.00 bits per heavy atom. The van der Waals surface area contributed by atoms with Crippen LogP contribution in [-0.4, -0.2) is 36.2 Å². The highest BCUT2D eigenvalue weighted by Crippen LogP contribution is 2.26. The van der Waals surface area contributed by atoms with E-state index in [-0.39, 0.29) is 12.1 Å². The van der Waals surface area contributed by atoms with Gasteiger partial charge in [0.25, 0.3) is 5.91 Å². The number of aromatic nitrogens is 1. The minimum absolute atomic E-state index is 0.0999. The van der Waals surface area contributed by atoms with Crippen LogP contribution in [0, 0.1) is 0 Å². The molecule has 4 N–H and O–H groups in total. The van der Waals surface area contributed by atoms with Gasteiger partial charge < -0.3 is 21.1 Å². The Balaban J connectivity index is 2.40. The molecule has 0 aliphatic carbocycles. The van der Waals surface area contributed by atoms with Gasteiger partial charge in [-0.25, -0.2) is 4.98 Å². The van der Waals surface area contributed by atoms with Crippen LogP contribution >= 0.6 is 0 Å². The Kier molecular flexibility index (Phi) is 3.90. The SMILES string of the molecule is CCC1COC(C)CN1c1ncc(N)cc1C(N)=O. The number of carbonyl (C=O) groups is 1. The van der Waals surface area contributed by atoms with E-state index in [2.05, 4.69) is 16.8 Å². The fourth-order valence-corrected chi connectivity index (χ4v) is 2.33. The zero-order valence-electron chi connectivity index (χ0n) is 11.3. The molecule has 2 unspecified atom stereocenters. The fraction of sp³-hybridized carbons (Fsp3) is 0.538. The number of hydrogen-bond donors (Lipinski definition) is 2. The molecule has 0 radical (unpaired) electrons. The third-order valence-electron chi connectivity index (χ3n) is 3.36. The van der Waals surface area contributed by atoms with E-state index < -0.39 is 5.91 Å². The van der Waals surface area contributed by atoms with E-state index in [1.165, 1.54) is 0 Å². The van der Waals surface area contributed by atoms with Crippen LogP contribution in [0.25, 0.3) is 0 Å². The molecule has 2 heterocycles. The van der Waals surface area contributed by atoms with Crippen LogP contribution in [0.15, 0.2) is 12.3 Å². The first-order valence-corrected chi connectivity index (χ1v) is 6.46. The summed E-state index contributed by atoms with van der Waals surface area (Å²) in [6.07, 6.45) is 2.56. The number of morpholine rings is 1. The summed E-state index contributed by atoms with van der Waals surface area (Å²) >= 11 is 0. The number of nitrogens with zero attached hydrogens (tertiary/aromatic N) is 2. The van der Waals surface area contributed by atoms with Gasteiger partial charge in [0.05, 0.1) is 36.2 Å². The Morgan fingerprint density at radius 2 is 2.37 bits per heavy atom. The molecule has 1 amide bonds. The molecule has 19 heavy (non-hydrogen) atoms. The van der Waals surface area contributed by atoms with Crippen molar-refractivity contribution in [3.05, 3.63) is 17.8 Å². The number of anilines is 2. The van der Waals surface area contributed by atoms with Gasteiger partial charge in [0.1, 0.15) is 5.82 Å². The maximum atomic E-state index is 11.6. The van der Waals surface area contributed by atoms with E-state index in [4.69, 9.17) is 16.2 Å². The molecule has 6 nitrogen and oxygen atoms in total. The van der Waals surface area contributed by atoms with Crippen LogP contribution < -0.4 is 16.4 Å². The van der Waals surface area contributed by atoms with Crippen LogP contribution in [-0.2, 0) is 4.74 Å². The van der Waals surface area contributed by atoms with Gasteiger partial charge in [-0.1, -0.05) is 6.92 Å². The number of hydrogen-bond acceptors (Lipinski definition) is 5. The van der Waals surface area contributed by atoms with Crippen molar-refractivity contribution in [1.29, 1.82) is 0 Å². The molecular formula is C13H20N4O2. The number of carbonyl (C=O) groups excluding carboxylic acids is 1. The maximum Gasteiger partial charge on any atom is 0.252 e. The number of rotatable bonds is 3. The average Bonchev–Trinajstić information content (AvgIpc) is 2.38. The second-order valence-corrected chi connectivity index (χ2v) is 4.86. The van der Waals surface area contributed by atoms with Crippen molar-refractivity contribution < 1.29 is 9.53 Å². The second kappa shape index (κ2) is 5.44. The van der Waals surface area contributed by atoms with Gasteiger partial charge in [-0.2, -0.15) is 0 Å². The maximum absolute atomic E-state index is 11.6. The van der Waals surface area contributed by atoms with Crippen LogP contribution in [0.2, 0.25) is 0 Å². The minimum Gasteiger partial charge on any atom is -0.397 e. The molecule has 104 valence electrons. The van der Waals surface area contributed by atoms with Crippen molar-refractivity contribution in [2.45, 2.75) is 32.4 Å². The Hall–Kier alpha value is -1.82. The first-order valence-electron chi connectivity index (χ1n) is 6.46. The second-order valence-electron chi connectivity index (χ2n) is 4.86. The molecule has 0 aromatic carbocycles. The van der Waals surface area contributed by atoms with Gasteiger partial charge in [0.15, 0.2) is 0 Å². The van der Waals surface area contributed by atoms with Gasteiger partial charge in [0.2, 0.25) is 0 Å². The molecule has 1 fully saturated rings. The number of primary amides is 1. The van der Waals surface area contributed by atoms with Gasteiger partial charge in [-0.05, 0) is 19.4 Å². The zero-order valence-corrected chi connectivity index (χ0v) is 11.3. The van der Waals surface area contributed by atoms with E-state index in [9.17, 15) is 4.79 Å². The van der Waals surface area contributed by atoms with Crippen molar-refractivity contribution in [2.75, 3.05) is 23.8 Å². The molecule has 0 bridgehead atoms. The third kappa shape index (κ3) is 2.78. The highest BCUT2D eigenvalue weighted by atomic mass is 16.5. The molecule has 1 aliphatic heterocycles. The predicted octanol–water partition coefficient (Wildman–Crippen LogP) is 0.766. The number of ether oxygens (including phenoxy) is 1. The monoisotopic (exact) mass is 264 g/mol. The molecule has 2 atom stereocenters. The van der Waals surface area contributed by atoms with Crippen molar-refractivity contribution in [3.8, 4) is 0 Å². The molecule has 6 heteroatoms. The van der Waals surface area contributed by atoms with Crippen LogP contribution in [0.3, 0.4) is 0 Å². The highest BCUT2D eigenvalue weighted by Gasteiger charge is 2.29. The molecule has 1 aromatic heterocycles. The van der Waals surface area contributed by atoms with E-state index in [1.54, 1.807) is 12.3 Å². The molecule has 1 aliphatic rings. The van der Waals surface area contributed by atoms with Gasteiger partial charge >= 0.3 is 0 Å². The quantitative estimate of drug-likeness (QED) is 0.840. The van der Waals surface area contributed by atoms with Crippen LogP contribution in [0.1, 0.15) is 30.6 Å². The minimum atomic E-state index is -0.510. The molecule has 1 aromatic rings. The first kappa shape index (κ1) is 13.6. The lowest BCUT2D eigenvalue weighted by Crippen LogP contribution is -2.49. The van der Waals surface area contributed by atoms with Crippen LogP contribution in [0.5, 0.6) is 0 Å². The van der Waals surface area contributed by atoms with E-state index >= 15 is 0 Å². The lowest BCUT2D eigenvalue weighted by atomic mass is 10.1. The van der Waals surface area contributed by atoms with Crippen molar-refractivity contribution in [3.63, 3.8) is 0 Å². The van der Waals surface area contributed by atoms with Crippen molar-refractivity contribution in [2.24, 2.45) is 5.73 Å². The van der Waals surface area contributed by atoms with E-state index in [0.29, 0.717) is 30.2 Å². The standard InChI is InChI=1S/C13H20N4O2/c1-3-10-7-19-8(2)6-17(10)13-11(12(15)18)4-9(14)5-16-13/h4-5,8,10H,3,6-7,14H2,1-2H3,(H2,15,18). The average molecular weight is 264 g/mol. The summed E-state index contributed by atoms with van der Waals surface area (Å²) in [7, 11) is 0. The predicted molar refractivity (Wildman–Crippen MR) is 74.0 cm³/mol. The number of amides is 1. The number of nitrogen functional groups attached to an aromatic ring is 1. The van der Waals surface area contributed by atoms with Crippen molar-refractivity contribution >= 4 is 17.4 Å². The van der Waals surface area contributed by atoms with E-state index in [0.717, 1.165) is 6.42 Å². The Bertz CT molecular complexity index is 478. The highest BCUT2D eigenvalue weighted by molar-refractivity contribution is 5.98. The smallest absolute Gasteiger partial charge is 0.252 e. The summed E-state index contributed by atoms with van der Waals surface area (Å²) in [4.78, 5) is 18.0. The Labute approximate surface area is 112 Å². The fourth-order valence-electron chi connectivity index (χ4n) is 2.33. The lowest BCUT2D eigenvalue weighted by Gasteiger charge is -2.39. The third-order valence-corrected chi connectivity index (χ3v) is 3.36. The van der Waals surface area contributed by atoms with Gasteiger partial charge in [-0.3, -0.25) is 4.79 Å². The Morgan fingerprint density at radius 1 is 1.63 bits per heavy atom. The topological polar surface area (TPSA) is 94.5 Å². The first-order chi connectivity index (χ1) is 9.02. The van der Waals surface area contributed by atoms with Gasteiger partial charge in [-0.15, -0.1) is 0 Å². The molecule has 2 rings (SSSR count). The summed E-state index contributed by atoms with van der Waals surface area (Å²) in [6.45, 7) is 5.40. The molecule has 0 spiro atoms. The van der Waals surface area contributed by atoms with E-state index in [1.807, 2.05) is 6.92 Å². The summed E-state index contributed by atoms with van der Waals surface area (Å²) in [5.41, 5.74) is 11.9.